The SMILES string of the molecule is Oc1nc2ccccc2[nH]1.c1cc[nH]c1. The molecule has 4 heteroatoms. The summed E-state index contributed by atoms with van der Waals surface area (Å²) in [6.45, 7) is 0. The predicted octanol–water partition coefficient (Wildman–Crippen LogP) is 2.28. The van der Waals surface area contributed by atoms with Gasteiger partial charge in [0.1, 0.15) is 0 Å². The average molecular weight is 201 g/mol. The molecule has 3 N–H and O–H groups in total. The van der Waals surface area contributed by atoms with Crippen LogP contribution in [0.5, 0.6) is 6.01 Å². The summed E-state index contributed by atoms with van der Waals surface area (Å²) in [5.74, 6) is 0. The summed E-state index contributed by atoms with van der Waals surface area (Å²) >= 11 is 0. The molecular formula is C11H11N3O. The first kappa shape index (κ1) is 9.33. The predicted molar refractivity (Wildman–Crippen MR) is 58.6 cm³/mol. The van der Waals surface area contributed by atoms with Gasteiger partial charge < -0.3 is 15.1 Å². The molecule has 4 nitrogen and oxygen atoms in total. The summed E-state index contributed by atoms with van der Waals surface area (Å²) < 4.78 is 0. The third-order valence-corrected chi connectivity index (χ3v) is 1.87. The second-order valence-electron chi connectivity index (χ2n) is 2.96. The molecule has 0 aliphatic carbocycles. The summed E-state index contributed by atoms with van der Waals surface area (Å²) in [5.41, 5.74) is 1.65. The highest BCUT2D eigenvalue weighted by molar-refractivity contribution is 5.75. The largest absolute Gasteiger partial charge is 0.480 e. The van der Waals surface area contributed by atoms with Crippen molar-refractivity contribution in [2.75, 3.05) is 0 Å². The molecule has 0 fully saturated rings. The van der Waals surface area contributed by atoms with Gasteiger partial charge in [0.25, 0.3) is 6.01 Å². The van der Waals surface area contributed by atoms with Crippen LogP contribution in [0.4, 0.5) is 0 Å². The minimum atomic E-state index is -0.0267. The summed E-state index contributed by atoms with van der Waals surface area (Å²) in [7, 11) is 0. The second-order valence-corrected chi connectivity index (χ2v) is 2.96. The molecule has 15 heavy (non-hydrogen) atoms. The Balaban J connectivity index is 0.000000144. The molecule has 1 aromatic carbocycles. The molecule has 76 valence electrons. The topological polar surface area (TPSA) is 64.7 Å². The molecule has 0 saturated carbocycles. The number of H-pyrrole nitrogens is 2. The van der Waals surface area contributed by atoms with E-state index >= 15 is 0 Å². The molecular weight excluding hydrogens is 190 g/mol. The summed E-state index contributed by atoms with van der Waals surface area (Å²) in [6, 6.07) is 11.3. The molecule has 2 aromatic heterocycles. The van der Waals surface area contributed by atoms with Crippen molar-refractivity contribution in [3.63, 3.8) is 0 Å². The number of aromatic hydroxyl groups is 1. The molecule has 0 saturated heterocycles. The Morgan fingerprint density at radius 1 is 1.00 bits per heavy atom. The number of hydrogen-bond donors (Lipinski definition) is 3. The van der Waals surface area contributed by atoms with Crippen LogP contribution in [0.3, 0.4) is 0 Å². The lowest BCUT2D eigenvalue weighted by Gasteiger charge is -1.80. The molecule has 0 aliphatic rings. The molecule has 3 rings (SSSR count). The average Bonchev–Trinajstić information content (AvgIpc) is 2.87. The van der Waals surface area contributed by atoms with E-state index in [9.17, 15) is 0 Å². The van der Waals surface area contributed by atoms with Crippen LogP contribution in [0, 0.1) is 0 Å². The first-order valence-electron chi connectivity index (χ1n) is 4.58. The standard InChI is InChI=1S/C7H6N2O.C4H5N/c10-7-8-5-3-1-2-4-6(5)9-7;1-2-4-5-3-1/h1-4H,(H2,8,9,10);1-5H. The molecule has 3 aromatic rings. The van der Waals surface area contributed by atoms with Crippen LogP contribution in [0.15, 0.2) is 48.8 Å². The third-order valence-electron chi connectivity index (χ3n) is 1.87. The maximum absolute atomic E-state index is 8.89. The Kier molecular flexibility index (Phi) is 2.69. The maximum Gasteiger partial charge on any atom is 0.292 e. The van der Waals surface area contributed by atoms with Gasteiger partial charge in [-0.25, -0.2) is 0 Å². The summed E-state index contributed by atoms with van der Waals surface area (Å²) in [5, 5.41) is 8.89. The molecule has 0 atom stereocenters. The van der Waals surface area contributed by atoms with Gasteiger partial charge >= 0.3 is 0 Å². The Morgan fingerprint density at radius 3 is 2.33 bits per heavy atom. The number of rotatable bonds is 0. The maximum atomic E-state index is 8.89. The minimum absolute atomic E-state index is 0.0267. The van der Waals surface area contributed by atoms with Crippen LogP contribution in [0.2, 0.25) is 0 Å². The van der Waals surface area contributed by atoms with Gasteiger partial charge in [0.05, 0.1) is 11.0 Å². The number of benzene rings is 1. The van der Waals surface area contributed by atoms with Crippen LogP contribution in [-0.4, -0.2) is 20.1 Å². The zero-order chi connectivity index (χ0) is 10.5. The van der Waals surface area contributed by atoms with Crippen molar-refractivity contribution < 1.29 is 5.11 Å². The van der Waals surface area contributed by atoms with Gasteiger partial charge in [-0.2, -0.15) is 4.98 Å². The van der Waals surface area contributed by atoms with Crippen molar-refractivity contribution in [3.8, 4) is 6.01 Å². The smallest absolute Gasteiger partial charge is 0.292 e. The van der Waals surface area contributed by atoms with Crippen LogP contribution < -0.4 is 0 Å². The number of nitrogens with one attached hydrogen (secondary N) is 2. The number of nitrogens with zero attached hydrogens (tertiary/aromatic N) is 1. The van der Waals surface area contributed by atoms with Gasteiger partial charge in [-0.1, -0.05) is 12.1 Å². The van der Waals surface area contributed by atoms with Crippen LogP contribution in [-0.2, 0) is 0 Å². The number of para-hydroxylation sites is 2. The van der Waals surface area contributed by atoms with Crippen molar-refractivity contribution in [2.45, 2.75) is 0 Å². The molecule has 0 spiro atoms. The monoisotopic (exact) mass is 201 g/mol. The van der Waals surface area contributed by atoms with E-state index in [2.05, 4.69) is 15.0 Å². The van der Waals surface area contributed by atoms with E-state index < -0.39 is 0 Å². The van der Waals surface area contributed by atoms with Crippen LogP contribution in [0.25, 0.3) is 11.0 Å². The van der Waals surface area contributed by atoms with Crippen molar-refractivity contribution >= 4 is 11.0 Å². The lowest BCUT2D eigenvalue weighted by atomic mass is 10.3. The van der Waals surface area contributed by atoms with E-state index in [-0.39, 0.29) is 6.01 Å². The van der Waals surface area contributed by atoms with E-state index in [1.807, 2.05) is 48.8 Å². The number of imidazole rings is 1. The zero-order valence-electron chi connectivity index (χ0n) is 8.01. The van der Waals surface area contributed by atoms with Crippen molar-refractivity contribution in [2.24, 2.45) is 0 Å². The molecule has 2 heterocycles. The molecule has 0 bridgehead atoms. The molecule has 0 aliphatic heterocycles. The number of aromatic nitrogens is 3. The fourth-order valence-electron chi connectivity index (χ4n) is 1.22. The number of hydrogen-bond acceptors (Lipinski definition) is 2. The second kappa shape index (κ2) is 4.32. The van der Waals surface area contributed by atoms with Crippen molar-refractivity contribution in [1.82, 2.24) is 15.0 Å². The number of aromatic amines is 2. The molecule has 0 unspecified atom stereocenters. The van der Waals surface area contributed by atoms with Gasteiger partial charge in [0, 0.05) is 12.4 Å². The van der Waals surface area contributed by atoms with E-state index in [4.69, 9.17) is 5.11 Å². The van der Waals surface area contributed by atoms with E-state index in [1.54, 1.807) is 0 Å². The summed E-state index contributed by atoms with van der Waals surface area (Å²) in [6.07, 6.45) is 3.75. The quantitative estimate of drug-likeness (QED) is 0.522. The third kappa shape index (κ3) is 2.37. The van der Waals surface area contributed by atoms with Crippen molar-refractivity contribution in [1.29, 1.82) is 0 Å². The highest BCUT2D eigenvalue weighted by Crippen LogP contribution is 2.12. The normalized spacial score (nSPS) is 9.60. The Hall–Kier alpha value is -2.23. The fraction of sp³-hybridized carbons (Fsp3) is 0. The number of fused-ring (bicyclic) bond motifs is 1. The molecule has 0 amide bonds. The van der Waals surface area contributed by atoms with Gasteiger partial charge in [-0.15, -0.1) is 0 Å². The highest BCUT2D eigenvalue weighted by atomic mass is 16.3. The van der Waals surface area contributed by atoms with Gasteiger partial charge in [-0.3, -0.25) is 0 Å². The lowest BCUT2D eigenvalue weighted by molar-refractivity contribution is 0.438. The minimum Gasteiger partial charge on any atom is -0.480 e. The van der Waals surface area contributed by atoms with Gasteiger partial charge in [0.15, 0.2) is 0 Å². The van der Waals surface area contributed by atoms with Gasteiger partial charge in [-0.05, 0) is 24.3 Å². The Bertz CT molecular complexity index is 463. The van der Waals surface area contributed by atoms with E-state index in [1.165, 1.54) is 0 Å². The van der Waals surface area contributed by atoms with E-state index in [0.717, 1.165) is 11.0 Å². The van der Waals surface area contributed by atoms with Crippen LogP contribution >= 0.6 is 0 Å². The van der Waals surface area contributed by atoms with Crippen LogP contribution in [0.1, 0.15) is 0 Å². The fourth-order valence-corrected chi connectivity index (χ4v) is 1.22. The van der Waals surface area contributed by atoms with Crippen molar-refractivity contribution in [3.05, 3.63) is 48.8 Å². The zero-order valence-corrected chi connectivity index (χ0v) is 8.01. The summed E-state index contributed by atoms with van der Waals surface area (Å²) in [4.78, 5) is 9.38. The Morgan fingerprint density at radius 2 is 1.73 bits per heavy atom. The van der Waals surface area contributed by atoms with E-state index in [0.29, 0.717) is 0 Å². The lowest BCUT2D eigenvalue weighted by Crippen LogP contribution is -1.63. The highest BCUT2D eigenvalue weighted by Gasteiger charge is 1.96. The van der Waals surface area contributed by atoms with Gasteiger partial charge in [0.2, 0.25) is 0 Å². The Labute approximate surface area is 86.6 Å². The molecule has 0 radical (unpaired) electrons. The first-order valence-corrected chi connectivity index (χ1v) is 4.58. The first-order chi connectivity index (χ1) is 7.36.